The van der Waals surface area contributed by atoms with E-state index in [1.807, 2.05) is 0 Å². The van der Waals surface area contributed by atoms with Crippen LogP contribution in [-0.2, 0) is 6.54 Å². The molecule has 1 aromatic rings. The first-order valence-electron chi connectivity index (χ1n) is 8.49. The van der Waals surface area contributed by atoms with E-state index in [4.69, 9.17) is 4.98 Å². The van der Waals surface area contributed by atoms with Crippen molar-refractivity contribution in [3.05, 3.63) is 23.4 Å². The lowest BCUT2D eigenvalue weighted by Gasteiger charge is -2.29. The van der Waals surface area contributed by atoms with Gasteiger partial charge in [-0.2, -0.15) is 0 Å². The Kier molecular flexibility index (Phi) is 5.63. The first kappa shape index (κ1) is 16.3. The number of rotatable bonds is 8. The molecular weight excluding hydrogens is 258 g/mol. The maximum Gasteiger partial charge on any atom is 0.129 e. The van der Waals surface area contributed by atoms with E-state index in [0.717, 1.165) is 31.4 Å². The van der Waals surface area contributed by atoms with Gasteiger partial charge >= 0.3 is 0 Å². The maximum atomic E-state index is 4.94. The van der Waals surface area contributed by atoms with Crippen molar-refractivity contribution < 1.29 is 0 Å². The van der Waals surface area contributed by atoms with E-state index in [-0.39, 0.29) is 0 Å². The van der Waals surface area contributed by atoms with Crippen molar-refractivity contribution in [2.24, 2.45) is 5.92 Å². The Balaban J connectivity index is 2.27. The zero-order chi connectivity index (χ0) is 15.4. The summed E-state index contributed by atoms with van der Waals surface area (Å²) in [6, 6.07) is 5.04. The van der Waals surface area contributed by atoms with Crippen LogP contribution in [0.2, 0.25) is 0 Å². The molecule has 1 aromatic heterocycles. The van der Waals surface area contributed by atoms with Gasteiger partial charge < -0.3 is 10.2 Å². The normalized spacial score (nSPS) is 15.0. The highest BCUT2D eigenvalue weighted by atomic mass is 15.2. The van der Waals surface area contributed by atoms with Gasteiger partial charge in [0.1, 0.15) is 5.82 Å². The van der Waals surface area contributed by atoms with Gasteiger partial charge in [-0.25, -0.2) is 4.98 Å². The van der Waals surface area contributed by atoms with Crippen LogP contribution >= 0.6 is 0 Å². The molecule has 3 heteroatoms. The molecule has 0 amide bonds. The molecule has 1 fully saturated rings. The molecule has 0 unspecified atom stereocenters. The van der Waals surface area contributed by atoms with E-state index in [1.165, 1.54) is 24.1 Å². The molecule has 0 aromatic carbocycles. The largest absolute Gasteiger partial charge is 0.354 e. The SMILES string of the molecule is CCNCc1cc(C(C)C)nc(N(CC2CC2)C(C)C)c1. The Labute approximate surface area is 130 Å². The lowest BCUT2D eigenvalue weighted by Crippen LogP contribution is -2.34. The van der Waals surface area contributed by atoms with E-state index in [0.29, 0.717) is 12.0 Å². The zero-order valence-electron chi connectivity index (χ0n) is 14.3. The van der Waals surface area contributed by atoms with Crippen molar-refractivity contribution in [3.8, 4) is 0 Å². The minimum absolute atomic E-state index is 0.472. The molecule has 0 bridgehead atoms. The summed E-state index contributed by atoms with van der Waals surface area (Å²) in [5.41, 5.74) is 2.56. The number of aromatic nitrogens is 1. The molecule has 0 atom stereocenters. The van der Waals surface area contributed by atoms with Gasteiger partial charge in [0, 0.05) is 24.8 Å². The molecule has 1 N–H and O–H groups in total. The average Bonchev–Trinajstić information content (AvgIpc) is 3.25. The lowest BCUT2D eigenvalue weighted by atomic mass is 10.1. The van der Waals surface area contributed by atoms with Crippen molar-refractivity contribution in [1.82, 2.24) is 10.3 Å². The van der Waals surface area contributed by atoms with Crippen molar-refractivity contribution in [2.45, 2.75) is 66.0 Å². The number of hydrogen-bond acceptors (Lipinski definition) is 3. The second-order valence-electron chi connectivity index (χ2n) is 6.88. The molecule has 118 valence electrons. The Morgan fingerprint density at radius 1 is 1.24 bits per heavy atom. The van der Waals surface area contributed by atoms with Crippen LogP contribution in [0, 0.1) is 5.92 Å². The van der Waals surface area contributed by atoms with Gasteiger partial charge in [-0.15, -0.1) is 0 Å². The highest BCUT2D eigenvalue weighted by Crippen LogP contribution is 2.32. The highest BCUT2D eigenvalue weighted by Gasteiger charge is 2.26. The molecule has 0 aliphatic heterocycles. The van der Waals surface area contributed by atoms with Gasteiger partial charge in [0.25, 0.3) is 0 Å². The van der Waals surface area contributed by atoms with Gasteiger partial charge in [0.15, 0.2) is 0 Å². The molecule has 1 aliphatic carbocycles. The van der Waals surface area contributed by atoms with Gasteiger partial charge in [-0.3, -0.25) is 0 Å². The van der Waals surface area contributed by atoms with Gasteiger partial charge in [-0.05, 0) is 62.8 Å². The molecule has 0 saturated heterocycles. The third-order valence-electron chi connectivity index (χ3n) is 4.13. The maximum absolute atomic E-state index is 4.94. The summed E-state index contributed by atoms with van der Waals surface area (Å²) in [6.07, 6.45) is 2.77. The second-order valence-corrected chi connectivity index (χ2v) is 6.88. The Morgan fingerprint density at radius 2 is 1.95 bits per heavy atom. The summed E-state index contributed by atoms with van der Waals surface area (Å²) in [5.74, 6) is 2.52. The molecular formula is C18H31N3. The van der Waals surface area contributed by atoms with Crippen LogP contribution in [0.5, 0.6) is 0 Å². The summed E-state index contributed by atoms with van der Waals surface area (Å²) in [7, 11) is 0. The third kappa shape index (κ3) is 4.70. The number of nitrogens with one attached hydrogen (secondary N) is 1. The molecule has 2 rings (SSSR count). The highest BCUT2D eigenvalue weighted by molar-refractivity contribution is 5.44. The fourth-order valence-electron chi connectivity index (χ4n) is 2.56. The fourth-order valence-corrected chi connectivity index (χ4v) is 2.56. The van der Waals surface area contributed by atoms with Crippen LogP contribution < -0.4 is 10.2 Å². The summed E-state index contributed by atoms with van der Waals surface area (Å²) < 4.78 is 0. The summed E-state index contributed by atoms with van der Waals surface area (Å²) in [4.78, 5) is 7.43. The van der Waals surface area contributed by atoms with E-state index in [1.54, 1.807) is 0 Å². The number of nitrogens with zero attached hydrogens (tertiary/aromatic N) is 2. The third-order valence-corrected chi connectivity index (χ3v) is 4.13. The Bertz CT molecular complexity index is 450. The predicted molar refractivity (Wildman–Crippen MR) is 90.9 cm³/mol. The topological polar surface area (TPSA) is 28.2 Å². The Hall–Kier alpha value is -1.09. The zero-order valence-corrected chi connectivity index (χ0v) is 14.3. The number of hydrogen-bond donors (Lipinski definition) is 1. The smallest absolute Gasteiger partial charge is 0.129 e. The van der Waals surface area contributed by atoms with E-state index in [2.05, 4.69) is 57.0 Å². The molecule has 0 spiro atoms. The van der Waals surface area contributed by atoms with Crippen molar-refractivity contribution >= 4 is 5.82 Å². The second kappa shape index (κ2) is 7.26. The minimum atomic E-state index is 0.472. The number of anilines is 1. The lowest BCUT2D eigenvalue weighted by molar-refractivity contribution is 0.631. The summed E-state index contributed by atoms with van der Waals surface area (Å²) in [6.45, 7) is 14.2. The van der Waals surface area contributed by atoms with Crippen LogP contribution in [0.25, 0.3) is 0 Å². The van der Waals surface area contributed by atoms with Crippen LogP contribution in [0.15, 0.2) is 12.1 Å². The average molecular weight is 289 g/mol. The first-order valence-corrected chi connectivity index (χ1v) is 8.49. The van der Waals surface area contributed by atoms with Gasteiger partial charge in [-0.1, -0.05) is 20.8 Å². The molecule has 1 saturated carbocycles. The molecule has 1 aliphatic rings. The summed E-state index contributed by atoms with van der Waals surface area (Å²) in [5, 5.41) is 3.43. The monoisotopic (exact) mass is 289 g/mol. The Morgan fingerprint density at radius 3 is 2.48 bits per heavy atom. The van der Waals surface area contributed by atoms with Crippen LogP contribution in [0.4, 0.5) is 5.82 Å². The first-order chi connectivity index (χ1) is 10.0. The van der Waals surface area contributed by atoms with Crippen molar-refractivity contribution in [3.63, 3.8) is 0 Å². The van der Waals surface area contributed by atoms with Crippen molar-refractivity contribution in [2.75, 3.05) is 18.0 Å². The van der Waals surface area contributed by atoms with E-state index >= 15 is 0 Å². The van der Waals surface area contributed by atoms with Crippen LogP contribution in [-0.4, -0.2) is 24.1 Å². The standard InChI is InChI=1S/C18H31N3/c1-6-19-11-16-9-17(13(2)3)20-18(10-16)21(14(4)5)12-15-7-8-15/h9-10,13-15,19H,6-8,11-12H2,1-5H3. The molecule has 21 heavy (non-hydrogen) atoms. The predicted octanol–water partition coefficient (Wildman–Crippen LogP) is 3.94. The quantitative estimate of drug-likeness (QED) is 0.785. The van der Waals surface area contributed by atoms with Crippen LogP contribution in [0.1, 0.15) is 64.6 Å². The molecule has 3 nitrogen and oxygen atoms in total. The minimum Gasteiger partial charge on any atom is -0.354 e. The fraction of sp³-hybridized carbons (Fsp3) is 0.722. The van der Waals surface area contributed by atoms with E-state index in [9.17, 15) is 0 Å². The summed E-state index contributed by atoms with van der Waals surface area (Å²) >= 11 is 0. The molecule has 1 heterocycles. The number of pyridine rings is 1. The van der Waals surface area contributed by atoms with Gasteiger partial charge in [0.2, 0.25) is 0 Å². The van der Waals surface area contributed by atoms with Crippen molar-refractivity contribution in [1.29, 1.82) is 0 Å². The van der Waals surface area contributed by atoms with Gasteiger partial charge in [0.05, 0.1) is 0 Å². The van der Waals surface area contributed by atoms with E-state index < -0.39 is 0 Å². The molecule has 0 radical (unpaired) electrons. The van der Waals surface area contributed by atoms with Crippen LogP contribution in [0.3, 0.4) is 0 Å².